The van der Waals surface area contributed by atoms with Crippen LogP contribution in [0.4, 0.5) is 11.4 Å². The number of pyridine rings is 1. The van der Waals surface area contributed by atoms with Crippen LogP contribution in [0.15, 0.2) is 36.7 Å². The van der Waals surface area contributed by atoms with Gasteiger partial charge in [-0.1, -0.05) is 0 Å². The SMILES string of the molecule is COc1ccc(NC(=O)c2cncc(N3CCN(C=O)CC3)c2)c(OC)c1. The molecule has 0 bridgehead atoms. The lowest BCUT2D eigenvalue weighted by atomic mass is 10.2. The van der Waals surface area contributed by atoms with E-state index in [1.807, 2.05) is 0 Å². The molecular weight excluding hydrogens is 348 g/mol. The number of rotatable bonds is 6. The van der Waals surface area contributed by atoms with Gasteiger partial charge in [0.2, 0.25) is 6.41 Å². The zero-order valence-electron chi connectivity index (χ0n) is 15.3. The van der Waals surface area contributed by atoms with E-state index >= 15 is 0 Å². The highest BCUT2D eigenvalue weighted by Crippen LogP contribution is 2.29. The molecule has 0 spiro atoms. The average Bonchev–Trinajstić information content (AvgIpc) is 2.74. The van der Waals surface area contributed by atoms with Crippen molar-refractivity contribution in [1.29, 1.82) is 0 Å². The molecule has 2 aromatic rings. The molecule has 0 aliphatic carbocycles. The summed E-state index contributed by atoms with van der Waals surface area (Å²) in [5.74, 6) is 0.874. The Bertz CT molecular complexity index is 819. The highest BCUT2D eigenvalue weighted by molar-refractivity contribution is 6.05. The van der Waals surface area contributed by atoms with Crippen molar-refractivity contribution >= 4 is 23.7 Å². The van der Waals surface area contributed by atoms with Crippen LogP contribution < -0.4 is 19.7 Å². The smallest absolute Gasteiger partial charge is 0.257 e. The molecule has 27 heavy (non-hydrogen) atoms. The maximum absolute atomic E-state index is 12.7. The molecule has 142 valence electrons. The van der Waals surface area contributed by atoms with Crippen LogP contribution in [-0.4, -0.2) is 62.6 Å². The van der Waals surface area contributed by atoms with Crippen molar-refractivity contribution in [3.05, 3.63) is 42.2 Å². The van der Waals surface area contributed by atoms with Gasteiger partial charge < -0.3 is 24.6 Å². The molecule has 0 saturated carbocycles. The van der Waals surface area contributed by atoms with Crippen molar-refractivity contribution in [3.8, 4) is 11.5 Å². The van der Waals surface area contributed by atoms with Gasteiger partial charge in [-0.3, -0.25) is 14.6 Å². The van der Waals surface area contributed by atoms with Crippen LogP contribution in [0, 0.1) is 0 Å². The molecule has 2 heterocycles. The number of methoxy groups -OCH3 is 2. The summed E-state index contributed by atoms with van der Waals surface area (Å²) in [6, 6.07) is 6.98. The topological polar surface area (TPSA) is 84.0 Å². The molecule has 1 aromatic carbocycles. The van der Waals surface area contributed by atoms with E-state index in [0.29, 0.717) is 48.9 Å². The number of carbonyl (C=O) groups excluding carboxylic acids is 2. The molecule has 0 radical (unpaired) electrons. The maximum Gasteiger partial charge on any atom is 0.257 e. The summed E-state index contributed by atoms with van der Waals surface area (Å²) in [7, 11) is 3.10. The van der Waals surface area contributed by atoms with Crippen LogP contribution in [0.2, 0.25) is 0 Å². The van der Waals surface area contributed by atoms with Crippen molar-refractivity contribution in [2.75, 3.05) is 50.6 Å². The molecular formula is C19H22N4O4. The molecule has 8 heteroatoms. The highest BCUT2D eigenvalue weighted by atomic mass is 16.5. The third kappa shape index (κ3) is 4.28. The second kappa shape index (κ2) is 8.39. The molecule has 1 aliphatic heterocycles. The van der Waals surface area contributed by atoms with Crippen molar-refractivity contribution in [2.45, 2.75) is 0 Å². The van der Waals surface area contributed by atoms with Crippen LogP contribution >= 0.6 is 0 Å². The lowest BCUT2D eigenvalue weighted by Gasteiger charge is -2.34. The molecule has 8 nitrogen and oxygen atoms in total. The summed E-state index contributed by atoms with van der Waals surface area (Å²) in [5.41, 5.74) is 1.85. The quantitative estimate of drug-likeness (QED) is 0.778. The first-order valence-electron chi connectivity index (χ1n) is 8.57. The van der Waals surface area contributed by atoms with E-state index in [1.165, 1.54) is 13.3 Å². The number of carbonyl (C=O) groups is 2. The number of ether oxygens (including phenoxy) is 2. The van der Waals surface area contributed by atoms with Crippen molar-refractivity contribution in [1.82, 2.24) is 9.88 Å². The van der Waals surface area contributed by atoms with Crippen molar-refractivity contribution in [3.63, 3.8) is 0 Å². The number of nitrogens with zero attached hydrogens (tertiary/aromatic N) is 3. The monoisotopic (exact) mass is 370 g/mol. The minimum absolute atomic E-state index is 0.278. The van der Waals surface area contributed by atoms with Crippen LogP contribution in [0.25, 0.3) is 0 Å². The van der Waals surface area contributed by atoms with E-state index < -0.39 is 0 Å². The van der Waals surface area contributed by atoms with Crippen molar-refractivity contribution < 1.29 is 19.1 Å². The van der Waals surface area contributed by atoms with E-state index in [9.17, 15) is 9.59 Å². The Hall–Kier alpha value is -3.29. The number of aromatic nitrogens is 1. The van der Waals surface area contributed by atoms with Gasteiger partial charge in [-0.05, 0) is 18.2 Å². The Morgan fingerprint density at radius 2 is 1.89 bits per heavy atom. The Kier molecular flexibility index (Phi) is 5.75. The number of amides is 2. The van der Waals surface area contributed by atoms with E-state index in [2.05, 4.69) is 15.2 Å². The van der Waals surface area contributed by atoms with Gasteiger partial charge in [0.05, 0.1) is 37.4 Å². The normalized spacial score (nSPS) is 13.9. The molecule has 0 unspecified atom stereocenters. The highest BCUT2D eigenvalue weighted by Gasteiger charge is 2.18. The maximum atomic E-state index is 12.7. The van der Waals surface area contributed by atoms with Gasteiger partial charge >= 0.3 is 0 Å². The second-order valence-corrected chi connectivity index (χ2v) is 6.08. The molecule has 0 atom stereocenters. The molecule has 1 N–H and O–H groups in total. The molecule has 1 fully saturated rings. The Labute approximate surface area is 157 Å². The van der Waals surface area contributed by atoms with Crippen LogP contribution in [0.5, 0.6) is 11.5 Å². The van der Waals surface area contributed by atoms with Gasteiger partial charge in [-0.2, -0.15) is 0 Å². The van der Waals surface area contributed by atoms with Gasteiger partial charge in [0.15, 0.2) is 0 Å². The summed E-state index contributed by atoms with van der Waals surface area (Å²) in [5, 5.41) is 2.84. The number of nitrogens with one attached hydrogen (secondary N) is 1. The zero-order valence-corrected chi connectivity index (χ0v) is 15.3. The second-order valence-electron chi connectivity index (χ2n) is 6.08. The fourth-order valence-corrected chi connectivity index (χ4v) is 2.91. The van der Waals surface area contributed by atoms with E-state index in [-0.39, 0.29) is 5.91 Å². The standard InChI is InChI=1S/C19H22N4O4/c1-26-16-3-4-17(18(10-16)27-2)21-19(25)14-9-15(12-20-11-14)23-7-5-22(13-24)6-8-23/h3-4,9-13H,5-8H2,1-2H3,(H,21,25). The first-order chi connectivity index (χ1) is 13.1. The number of anilines is 2. The van der Waals surface area contributed by atoms with Gasteiger partial charge in [-0.15, -0.1) is 0 Å². The van der Waals surface area contributed by atoms with Crippen LogP contribution in [0.3, 0.4) is 0 Å². The Morgan fingerprint density at radius 1 is 1.11 bits per heavy atom. The molecule has 1 aliphatic rings. The van der Waals surface area contributed by atoms with Crippen LogP contribution in [0.1, 0.15) is 10.4 Å². The minimum atomic E-state index is -0.278. The van der Waals surface area contributed by atoms with E-state index in [4.69, 9.17) is 9.47 Å². The average molecular weight is 370 g/mol. The summed E-state index contributed by atoms with van der Waals surface area (Å²) < 4.78 is 10.5. The number of hydrogen-bond donors (Lipinski definition) is 1. The fourth-order valence-electron chi connectivity index (χ4n) is 2.91. The molecule has 3 rings (SSSR count). The first kappa shape index (κ1) is 18.5. The summed E-state index contributed by atoms with van der Waals surface area (Å²) >= 11 is 0. The lowest BCUT2D eigenvalue weighted by molar-refractivity contribution is -0.118. The largest absolute Gasteiger partial charge is 0.497 e. The Morgan fingerprint density at radius 3 is 2.56 bits per heavy atom. The Balaban J connectivity index is 1.73. The predicted molar refractivity (Wildman–Crippen MR) is 102 cm³/mol. The first-order valence-corrected chi connectivity index (χ1v) is 8.57. The van der Waals surface area contributed by atoms with Crippen molar-refractivity contribution in [2.24, 2.45) is 0 Å². The van der Waals surface area contributed by atoms with Gasteiger partial charge in [0.25, 0.3) is 5.91 Å². The number of benzene rings is 1. The van der Waals surface area contributed by atoms with E-state index in [0.717, 1.165) is 12.1 Å². The third-order valence-electron chi connectivity index (χ3n) is 4.47. The number of hydrogen-bond acceptors (Lipinski definition) is 6. The molecule has 1 saturated heterocycles. The van der Waals surface area contributed by atoms with Crippen LogP contribution in [-0.2, 0) is 4.79 Å². The third-order valence-corrected chi connectivity index (χ3v) is 4.47. The summed E-state index contributed by atoms with van der Waals surface area (Å²) in [6.07, 6.45) is 4.11. The predicted octanol–water partition coefficient (Wildman–Crippen LogP) is 1.63. The molecule has 2 amide bonds. The minimum Gasteiger partial charge on any atom is -0.497 e. The molecule has 1 aromatic heterocycles. The zero-order chi connectivity index (χ0) is 19.2. The van der Waals surface area contributed by atoms with E-state index in [1.54, 1.807) is 42.5 Å². The van der Waals surface area contributed by atoms with Gasteiger partial charge in [0.1, 0.15) is 11.5 Å². The summed E-state index contributed by atoms with van der Waals surface area (Å²) in [4.78, 5) is 31.5. The fraction of sp³-hybridized carbons (Fsp3) is 0.316. The van der Waals surface area contributed by atoms with Gasteiger partial charge in [0, 0.05) is 38.4 Å². The van der Waals surface area contributed by atoms with Gasteiger partial charge in [-0.25, -0.2) is 0 Å². The number of piperazine rings is 1. The lowest BCUT2D eigenvalue weighted by Crippen LogP contribution is -2.45. The summed E-state index contributed by atoms with van der Waals surface area (Å²) in [6.45, 7) is 2.72.